The van der Waals surface area contributed by atoms with E-state index >= 15 is 0 Å². The van der Waals surface area contributed by atoms with Crippen molar-refractivity contribution in [3.63, 3.8) is 0 Å². The van der Waals surface area contributed by atoms with E-state index < -0.39 is 17.4 Å². The van der Waals surface area contributed by atoms with Crippen LogP contribution in [0.3, 0.4) is 0 Å². The molecular formula is C28H24ClN3O3. The number of nitrogens with zero attached hydrogens (tertiary/aromatic N) is 1. The van der Waals surface area contributed by atoms with E-state index in [0.717, 1.165) is 16.7 Å². The average molecular weight is 486 g/mol. The van der Waals surface area contributed by atoms with Gasteiger partial charge in [-0.1, -0.05) is 78.3 Å². The van der Waals surface area contributed by atoms with Gasteiger partial charge in [-0.15, -0.1) is 0 Å². The predicted molar refractivity (Wildman–Crippen MR) is 133 cm³/mol. The molecule has 176 valence electrons. The van der Waals surface area contributed by atoms with Crippen LogP contribution < -0.4 is 10.6 Å². The van der Waals surface area contributed by atoms with E-state index in [1.165, 1.54) is 4.90 Å². The second-order valence-corrected chi connectivity index (χ2v) is 9.96. The van der Waals surface area contributed by atoms with Crippen molar-refractivity contribution in [1.29, 1.82) is 0 Å². The van der Waals surface area contributed by atoms with Gasteiger partial charge in [0.1, 0.15) is 5.54 Å². The summed E-state index contributed by atoms with van der Waals surface area (Å²) in [5.74, 6) is -2.36. The largest absolute Gasteiger partial charge is 0.324 e. The van der Waals surface area contributed by atoms with Gasteiger partial charge in [-0.3, -0.25) is 24.6 Å². The third-order valence-electron chi connectivity index (χ3n) is 7.66. The molecule has 6 rings (SSSR count). The third kappa shape index (κ3) is 3.17. The highest BCUT2D eigenvalue weighted by Gasteiger charge is 2.70. The topological polar surface area (TPSA) is 78.5 Å². The van der Waals surface area contributed by atoms with Crippen LogP contribution in [0.5, 0.6) is 0 Å². The lowest BCUT2D eigenvalue weighted by Gasteiger charge is -2.29. The second kappa shape index (κ2) is 8.04. The minimum Gasteiger partial charge on any atom is -0.324 e. The molecule has 3 heterocycles. The summed E-state index contributed by atoms with van der Waals surface area (Å²) in [5, 5.41) is 7.00. The molecule has 0 aromatic heterocycles. The maximum absolute atomic E-state index is 13.9. The van der Waals surface area contributed by atoms with Gasteiger partial charge in [0.2, 0.25) is 17.7 Å². The highest BCUT2D eigenvalue weighted by Crippen LogP contribution is 2.54. The number of anilines is 1. The van der Waals surface area contributed by atoms with E-state index in [0.29, 0.717) is 22.7 Å². The molecule has 0 saturated carbocycles. The number of carbonyl (C=O) groups is 3. The molecule has 2 saturated heterocycles. The van der Waals surface area contributed by atoms with Crippen LogP contribution in [0.25, 0.3) is 0 Å². The Kier molecular flexibility index (Phi) is 5.06. The summed E-state index contributed by atoms with van der Waals surface area (Å²) < 4.78 is 0. The molecule has 6 nitrogen and oxygen atoms in total. The van der Waals surface area contributed by atoms with Gasteiger partial charge < -0.3 is 5.32 Å². The number of benzene rings is 3. The Hall–Kier alpha value is -3.48. The van der Waals surface area contributed by atoms with Crippen LogP contribution in [0.4, 0.5) is 5.69 Å². The van der Waals surface area contributed by atoms with Crippen molar-refractivity contribution < 1.29 is 14.4 Å². The number of imide groups is 1. The third-order valence-corrected chi connectivity index (χ3v) is 8.07. The number of carbonyl (C=O) groups excluding carboxylic acids is 3. The number of hydrogen-bond donors (Lipinski definition) is 2. The average Bonchev–Trinajstić information content (AvgIpc) is 3.44. The Morgan fingerprint density at radius 1 is 0.886 bits per heavy atom. The maximum Gasteiger partial charge on any atom is 0.250 e. The molecule has 0 aliphatic carbocycles. The van der Waals surface area contributed by atoms with E-state index in [1.54, 1.807) is 12.1 Å². The van der Waals surface area contributed by atoms with Crippen molar-refractivity contribution >= 4 is 35.0 Å². The molecule has 7 heteroatoms. The molecule has 3 aliphatic rings. The van der Waals surface area contributed by atoms with Crippen molar-refractivity contribution in [1.82, 2.24) is 10.2 Å². The Bertz CT molecular complexity index is 1360. The van der Waals surface area contributed by atoms with E-state index in [4.69, 9.17) is 11.6 Å². The Morgan fingerprint density at radius 2 is 1.54 bits per heavy atom. The first-order valence-corrected chi connectivity index (χ1v) is 12.1. The first-order chi connectivity index (χ1) is 16.9. The van der Waals surface area contributed by atoms with Crippen molar-refractivity contribution in [2.24, 2.45) is 11.8 Å². The molecule has 35 heavy (non-hydrogen) atoms. The summed E-state index contributed by atoms with van der Waals surface area (Å²) in [7, 11) is 0. The molecule has 4 atom stereocenters. The molecule has 3 aromatic carbocycles. The Morgan fingerprint density at radius 3 is 2.23 bits per heavy atom. The van der Waals surface area contributed by atoms with Gasteiger partial charge in [0.25, 0.3) is 0 Å². The van der Waals surface area contributed by atoms with Gasteiger partial charge >= 0.3 is 0 Å². The zero-order chi connectivity index (χ0) is 24.3. The van der Waals surface area contributed by atoms with Crippen LogP contribution in [0.2, 0.25) is 5.02 Å². The Labute approximate surface area is 208 Å². The quantitative estimate of drug-likeness (QED) is 0.551. The van der Waals surface area contributed by atoms with E-state index in [9.17, 15) is 14.4 Å². The van der Waals surface area contributed by atoms with Crippen molar-refractivity contribution in [3.05, 3.63) is 100 Å². The fraction of sp³-hybridized carbons (Fsp3) is 0.250. The lowest BCUT2D eigenvalue weighted by molar-refractivity contribution is -0.143. The standard InChI is InChI=1S/C28H24ClN3O3/c1-16-20(29)13-12-19-24(16)30-27(35)28(19)23-22(21(31-28)14-17-8-4-2-5-9-17)25(33)32(26(23)34)15-18-10-6-3-7-11-18/h2-13,21-23,31H,14-15H2,1H3,(H,30,35). The summed E-state index contributed by atoms with van der Waals surface area (Å²) in [6.45, 7) is 2.03. The first kappa shape index (κ1) is 22.0. The monoisotopic (exact) mass is 485 g/mol. The molecular weight excluding hydrogens is 462 g/mol. The van der Waals surface area contributed by atoms with Crippen LogP contribution >= 0.6 is 11.6 Å². The van der Waals surface area contributed by atoms with Gasteiger partial charge in [0, 0.05) is 16.6 Å². The van der Waals surface area contributed by atoms with E-state index in [2.05, 4.69) is 10.6 Å². The molecule has 1 spiro atoms. The van der Waals surface area contributed by atoms with Gasteiger partial charge in [0.05, 0.1) is 24.1 Å². The summed E-state index contributed by atoms with van der Waals surface area (Å²) in [6.07, 6.45) is 0.525. The molecule has 3 amide bonds. The molecule has 0 bridgehead atoms. The lowest BCUT2D eigenvalue weighted by Crippen LogP contribution is -2.53. The number of halogens is 1. The normalized spacial score (nSPS) is 26.9. The lowest BCUT2D eigenvalue weighted by atomic mass is 9.76. The predicted octanol–water partition coefficient (Wildman–Crippen LogP) is 3.81. The fourth-order valence-corrected chi connectivity index (χ4v) is 6.17. The molecule has 4 unspecified atom stereocenters. The molecule has 3 aromatic rings. The minimum absolute atomic E-state index is 0.188. The van der Waals surface area contributed by atoms with Crippen LogP contribution in [0, 0.1) is 18.8 Å². The zero-order valence-electron chi connectivity index (χ0n) is 19.1. The number of rotatable bonds is 4. The fourth-order valence-electron chi connectivity index (χ4n) is 6.01. The first-order valence-electron chi connectivity index (χ1n) is 11.7. The van der Waals surface area contributed by atoms with Crippen LogP contribution in [-0.4, -0.2) is 28.7 Å². The zero-order valence-corrected chi connectivity index (χ0v) is 19.9. The number of amides is 3. The van der Waals surface area contributed by atoms with Gasteiger partial charge in [0.15, 0.2) is 0 Å². The van der Waals surface area contributed by atoms with Crippen LogP contribution in [0.1, 0.15) is 22.3 Å². The maximum atomic E-state index is 13.9. The number of hydrogen-bond acceptors (Lipinski definition) is 4. The van der Waals surface area contributed by atoms with Crippen molar-refractivity contribution in [3.8, 4) is 0 Å². The number of fused-ring (bicyclic) bond motifs is 4. The van der Waals surface area contributed by atoms with Crippen molar-refractivity contribution in [2.45, 2.75) is 31.5 Å². The summed E-state index contributed by atoms with van der Waals surface area (Å²) in [4.78, 5) is 42.7. The highest BCUT2D eigenvalue weighted by atomic mass is 35.5. The SMILES string of the molecule is Cc1c(Cl)ccc2c1NC(=O)C21NC(Cc2ccccc2)C2C(=O)N(Cc3ccccc3)C(=O)C21. The molecule has 2 N–H and O–H groups in total. The van der Waals surface area contributed by atoms with Gasteiger partial charge in [-0.25, -0.2) is 0 Å². The van der Waals surface area contributed by atoms with Gasteiger partial charge in [-0.2, -0.15) is 0 Å². The van der Waals surface area contributed by atoms with Crippen LogP contribution in [0.15, 0.2) is 72.8 Å². The Balaban J connectivity index is 1.47. The van der Waals surface area contributed by atoms with Gasteiger partial charge in [-0.05, 0) is 36.1 Å². The number of likely N-dealkylation sites (tertiary alicyclic amines) is 1. The minimum atomic E-state index is -1.33. The molecule has 0 radical (unpaired) electrons. The van der Waals surface area contributed by atoms with E-state index in [1.807, 2.05) is 67.6 Å². The molecule has 2 fully saturated rings. The summed E-state index contributed by atoms with van der Waals surface area (Å²) in [5.41, 5.74) is 2.63. The summed E-state index contributed by atoms with van der Waals surface area (Å²) >= 11 is 6.35. The van der Waals surface area contributed by atoms with Crippen LogP contribution in [-0.2, 0) is 32.9 Å². The number of nitrogens with one attached hydrogen (secondary N) is 2. The highest BCUT2D eigenvalue weighted by molar-refractivity contribution is 6.32. The second-order valence-electron chi connectivity index (χ2n) is 9.55. The smallest absolute Gasteiger partial charge is 0.250 e. The molecule has 3 aliphatic heterocycles. The van der Waals surface area contributed by atoms with E-state index in [-0.39, 0.29) is 30.3 Å². The van der Waals surface area contributed by atoms with Crippen molar-refractivity contribution in [2.75, 3.05) is 5.32 Å². The summed E-state index contributed by atoms with van der Waals surface area (Å²) in [6, 6.07) is 22.5.